The quantitative estimate of drug-likeness (QED) is 0.577. The Morgan fingerprint density at radius 3 is 2.11 bits per heavy atom. The van der Waals surface area contributed by atoms with Crippen molar-refractivity contribution >= 4 is 0 Å². The number of rotatable bonds is 5. The third kappa shape index (κ3) is 3.03. The summed E-state index contributed by atoms with van der Waals surface area (Å²) in [5.74, 6) is 5.78. The Morgan fingerprint density at radius 1 is 0.895 bits per heavy atom. The van der Waals surface area contributed by atoms with E-state index in [4.69, 9.17) is 0 Å². The molecular weight excluding hydrogens is 228 g/mol. The van der Waals surface area contributed by atoms with Crippen molar-refractivity contribution in [3.63, 3.8) is 0 Å². The van der Waals surface area contributed by atoms with Crippen LogP contribution in [-0.4, -0.2) is 0 Å². The summed E-state index contributed by atoms with van der Waals surface area (Å²) in [5.41, 5.74) is 1.11. The van der Waals surface area contributed by atoms with Gasteiger partial charge in [-0.15, -0.1) is 0 Å². The third-order valence-corrected chi connectivity index (χ3v) is 6.39. The van der Waals surface area contributed by atoms with Gasteiger partial charge in [-0.3, -0.25) is 0 Å². The second-order valence-electron chi connectivity index (χ2n) is 10.0. The fourth-order valence-corrected chi connectivity index (χ4v) is 5.31. The van der Waals surface area contributed by atoms with E-state index in [1.54, 1.807) is 19.3 Å². The van der Waals surface area contributed by atoms with E-state index >= 15 is 0 Å². The molecule has 3 atom stereocenters. The molecule has 0 heteroatoms. The van der Waals surface area contributed by atoms with E-state index in [0.29, 0.717) is 10.8 Å². The van der Waals surface area contributed by atoms with Crippen molar-refractivity contribution < 1.29 is 0 Å². The van der Waals surface area contributed by atoms with Crippen LogP contribution in [-0.2, 0) is 0 Å². The van der Waals surface area contributed by atoms with Gasteiger partial charge in [0, 0.05) is 0 Å². The topological polar surface area (TPSA) is 0 Å². The van der Waals surface area contributed by atoms with Crippen LogP contribution < -0.4 is 0 Å². The molecule has 3 unspecified atom stereocenters. The van der Waals surface area contributed by atoms with Crippen LogP contribution in [0.5, 0.6) is 0 Å². The summed E-state index contributed by atoms with van der Waals surface area (Å²) in [5, 5.41) is 0. The fourth-order valence-electron chi connectivity index (χ4n) is 5.31. The Labute approximate surface area is 120 Å². The highest BCUT2D eigenvalue weighted by Gasteiger charge is 2.61. The van der Waals surface area contributed by atoms with Gasteiger partial charge in [0.15, 0.2) is 0 Å². The van der Waals surface area contributed by atoms with Crippen LogP contribution >= 0.6 is 0 Å². The molecule has 0 aromatic heterocycles. The lowest BCUT2D eigenvalue weighted by atomic mass is 9.65. The van der Waals surface area contributed by atoms with Gasteiger partial charge in [0.1, 0.15) is 0 Å². The fraction of sp³-hybridized carbons (Fsp3) is 1.00. The molecule has 4 aliphatic rings. The molecule has 0 N–H and O–H groups in total. The van der Waals surface area contributed by atoms with Gasteiger partial charge in [0.2, 0.25) is 0 Å². The van der Waals surface area contributed by atoms with Crippen LogP contribution in [0.4, 0.5) is 0 Å². The second kappa shape index (κ2) is 4.50. The summed E-state index contributed by atoms with van der Waals surface area (Å²) < 4.78 is 0. The molecule has 19 heavy (non-hydrogen) atoms. The first kappa shape index (κ1) is 14.0. The van der Waals surface area contributed by atoms with Gasteiger partial charge < -0.3 is 0 Å². The predicted octanol–water partition coefficient (Wildman–Crippen LogP) is 5.91. The van der Waals surface area contributed by atoms with Gasteiger partial charge in [-0.25, -0.2) is 0 Å². The third-order valence-electron chi connectivity index (χ3n) is 6.39. The standard InChI is InChI=1S/C19H34/c1-18(2,3)7-6-8-19(4,5)12-16-15-11-13-9-14(10-13)17(15)16/h13-17H,6-12H2,1-5H3. The van der Waals surface area contributed by atoms with Crippen molar-refractivity contribution in [3.8, 4) is 0 Å². The van der Waals surface area contributed by atoms with Crippen LogP contribution in [0.2, 0.25) is 0 Å². The van der Waals surface area contributed by atoms with Crippen molar-refractivity contribution in [1.82, 2.24) is 0 Å². The second-order valence-corrected chi connectivity index (χ2v) is 10.0. The van der Waals surface area contributed by atoms with Crippen LogP contribution in [0.25, 0.3) is 0 Å². The first-order valence-corrected chi connectivity index (χ1v) is 8.75. The Hall–Kier alpha value is 0. The molecule has 4 aliphatic carbocycles. The lowest BCUT2D eigenvalue weighted by molar-refractivity contribution is 0.101. The molecule has 0 saturated heterocycles. The summed E-state index contributed by atoms with van der Waals surface area (Å²) in [6, 6.07) is 0. The molecule has 4 rings (SSSR count). The predicted molar refractivity (Wildman–Crippen MR) is 83.0 cm³/mol. The zero-order chi connectivity index (χ0) is 13.8. The van der Waals surface area contributed by atoms with Gasteiger partial charge in [-0.05, 0) is 78.9 Å². The van der Waals surface area contributed by atoms with E-state index in [-0.39, 0.29) is 0 Å². The van der Waals surface area contributed by atoms with Crippen LogP contribution in [0, 0.1) is 40.4 Å². The molecule has 0 radical (unpaired) electrons. The smallest absolute Gasteiger partial charge is 0.0323 e. The first-order valence-electron chi connectivity index (χ1n) is 8.75. The van der Waals surface area contributed by atoms with Crippen LogP contribution in [0.15, 0.2) is 0 Å². The van der Waals surface area contributed by atoms with E-state index < -0.39 is 0 Å². The Balaban J connectivity index is 1.44. The first-order chi connectivity index (χ1) is 8.75. The molecule has 0 aliphatic heterocycles. The van der Waals surface area contributed by atoms with Gasteiger partial charge in [-0.2, -0.15) is 0 Å². The maximum Gasteiger partial charge on any atom is -0.0323 e. The number of hydrogen-bond acceptors (Lipinski definition) is 0. The molecule has 4 saturated carbocycles. The average molecular weight is 262 g/mol. The monoisotopic (exact) mass is 262 g/mol. The Kier molecular flexibility index (Phi) is 3.31. The highest BCUT2D eigenvalue weighted by Crippen LogP contribution is 2.69. The minimum absolute atomic E-state index is 0.519. The lowest BCUT2D eigenvalue weighted by Gasteiger charge is -2.40. The normalized spacial score (nSPS) is 40.6. The van der Waals surface area contributed by atoms with E-state index in [2.05, 4.69) is 34.6 Å². The minimum Gasteiger partial charge on any atom is -0.0602 e. The molecule has 0 aromatic carbocycles. The highest BCUT2D eigenvalue weighted by molar-refractivity contribution is 5.10. The molecule has 0 nitrogen and oxygen atoms in total. The van der Waals surface area contributed by atoms with E-state index in [0.717, 1.165) is 11.8 Å². The minimum atomic E-state index is 0.519. The van der Waals surface area contributed by atoms with Gasteiger partial charge in [0.05, 0.1) is 0 Å². The zero-order valence-electron chi connectivity index (χ0n) is 13.8. The molecule has 0 amide bonds. The van der Waals surface area contributed by atoms with E-state index in [9.17, 15) is 0 Å². The van der Waals surface area contributed by atoms with Crippen molar-refractivity contribution in [2.24, 2.45) is 40.4 Å². The summed E-state index contributed by atoms with van der Waals surface area (Å²) in [6.07, 6.45) is 10.6. The Morgan fingerprint density at radius 2 is 1.58 bits per heavy atom. The molecule has 2 bridgehead atoms. The van der Waals surface area contributed by atoms with E-state index in [1.165, 1.54) is 43.4 Å². The van der Waals surface area contributed by atoms with Crippen LogP contribution in [0.1, 0.15) is 79.6 Å². The summed E-state index contributed by atoms with van der Waals surface area (Å²) in [4.78, 5) is 0. The summed E-state index contributed by atoms with van der Waals surface area (Å²) in [6.45, 7) is 12.2. The molecule has 0 spiro atoms. The largest absolute Gasteiger partial charge is 0.0602 e. The maximum atomic E-state index is 2.53. The van der Waals surface area contributed by atoms with Crippen molar-refractivity contribution in [2.45, 2.75) is 79.6 Å². The molecule has 0 aromatic rings. The van der Waals surface area contributed by atoms with Gasteiger partial charge in [0.25, 0.3) is 0 Å². The zero-order valence-corrected chi connectivity index (χ0v) is 13.8. The van der Waals surface area contributed by atoms with E-state index in [1.807, 2.05) is 0 Å². The van der Waals surface area contributed by atoms with Gasteiger partial charge in [-0.1, -0.05) is 41.0 Å². The molecule has 110 valence electrons. The maximum absolute atomic E-state index is 2.53. The van der Waals surface area contributed by atoms with Crippen molar-refractivity contribution in [3.05, 3.63) is 0 Å². The molecule has 0 heterocycles. The number of hydrogen-bond donors (Lipinski definition) is 0. The highest BCUT2D eigenvalue weighted by atomic mass is 14.7. The summed E-state index contributed by atoms with van der Waals surface area (Å²) >= 11 is 0. The average Bonchev–Trinajstić information content (AvgIpc) is 2.87. The lowest BCUT2D eigenvalue weighted by Crippen LogP contribution is -2.30. The van der Waals surface area contributed by atoms with Gasteiger partial charge >= 0.3 is 0 Å². The van der Waals surface area contributed by atoms with Crippen LogP contribution in [0.3, 0.4) is 0 Å². The van der Waals surface area contributed by atoms with Crippen molar-refractivity contribution in [2.75, 3.05) is 0 Å². The SMILES string of the molecule is CC(C)(C)CCCC(C)(C)CC1C2CC3CC(C3)C21. The summed E-state index contributed by atoms with van der Waals surface area (Å²) in [7, 11) is 0. The molecule has 4 fully saturated rings. The molecular formula is C19H34. The van der Waals surface area contributed by atoms with Crippen molar-refractivity contribution in [1.29, 1.82) is 0 Å². The Bertz CT molecular complexity index is 326.